The third kappa shape index (κ3) is 6.84. The van der Waals surface area contributed by atoms with Gasteiger partial charge in [-0.3, -0.25) is 9.52 Å². The van der Waals surface area contributed by atoms with Gasteiger partial charge in [0.25, 0.3) is 10.0 Å². The van der Waals surface area contributed by atoms with E-state index in [4.69, 9.17) is 23.2 Å². The molecule has 0 bridgehead atoms. The first-order chi connectivity index (χ1) is 15.4. The van der Waals surface area contributed by atoms with Crippen molar-refractivity contribution in [3.05, 3.63) is 94.0 Å². The number of benzene rings is 3. The molecule has 33 heavy (non-hydrogen) atoms. The zero-order chi connectivity index (χ0) is 24.2. The first-order valence-corrected chi connectivity index (χ1v) is 12.4. The maximum Gasteiger partial charge on any atom is 0.261 e. The number of hydrogen-bond donors (Lipinski definition) is 2. The Hall–Kier alpha value is -2.80. The van der Waals surface area contributed by atoms with Crippen LogP contribution in [0.25, 0.3) is 6.08 Å². The van der Waals surface area contributed by atoms with Crippen molar-refractivity contribution in [1.29, 1.82) is 0 Å². The van der Waals surface area contributed by atoms with E-state index < -0.39 is 10.0 Å². The standard InChI is InChI=1S/C25H24Cl2N2O3S/c1-25(2,3)18-7-4-17(5-8-18)6-15-24(30)28-20-10-12-21(13-11-20)33(31,32)29-23-14-9-19(26)16-22(23)27/h4-16,29H,1-3H3,(H,28,30)/b15-6+. The van der Waals surface area contributed by atoms with Gasteiger partial charge >= 0.3 is 0 Å². The van der Waals surface area contributed by atoms with E-state index in [2.05, 4.69) is 30.8 Å². The minimum atomic E-state index is -3.86. The molecule has 1 amide bonds. The Morgan fingerprint density at radius 3 is 2.12 bits per heavy atom. The average Bonchev–Trinajstić information content (AvgIpc) is 2.74. The second-order valence-corrected chi connectivity index (χ2v) is 11.0. The topological polar surface area (TPSA) is 75.3 Å². The molecule has 172 valence electrons. The summed E-state index contributed by atoms with van der Waals surface area (Å²) in [5, 5.41) is 3.31. The Labute approximate surface area is 204 Å². The maximum atomic E-state index is 12.6. The molecule has 0 saturated heterocycles. The fraction of sp³-hybridized carbons (Fsp3) is 0.160. The summed E-state index contributed by atoms with van der Waals surface area (Å²) >= 11 is 11.9. The van der Waals surface area contributed by atoms with Crippen LogP contribution in [0.1, 0.15) is 31.9 Å². The minimum Gasteiger partial charge on any atom is -0.323 e. The van der Waals surface area contributed by atoms with Crippen molar-refractivity contribution in [2.24, 2.45) is 0 Å². The summed E-state index contributed by atoms with van der Waals surface area (Å²) in [5.41, 5.74) is 2.88. The minimum absolute atomic E-state index is 0.0287. The molecule has 0 radical (unpaired) electrons. The Morgan fingerprint density at radius 2 is 1.55 bits per heavy atom. The number of carbonyl (C=O) groups is 1. The monoisotopic (exact) mass is 502 g/mol. The van der Waals surface area contributed by atoms with E-state index in [9.17, 15) is 13.2 Å². The van der Waals surface area contributed by atoms with E-state index in [0.717, 1.165) is 5.56 Å². The molecule has 3 aromatic rings. The van der Waals surface area contributed by atoms with Crippen LogP contribution in [-0.4, -0.2) is 14.3 Å². The van der Waals surface area contributed by atoms with E-state index >= 15 is 0 Å². The number of amides is 1. The van der Waals surface area contributed by atoms with Crippen molar-refractivity contribution in [3.63, 3.8) is 0 Å². The van der Waals surface area contributed by atoms with Crippen LogP contribution in [-0.2, 0) is 20.2 Å². The Morgan fingerprint density at radius 1 is 0.909 bits per heavy atom. The molecule has 0 aromatic heterocycles. The van der Waals surface area contributed by atoms with Gasteiger partial charge in [0.05, 0.1) is 15.6 Å². The predicted octanol–water partition coefficient (Wildman–Crippen LogP) is 6.74. The zero-order valence-electron chi connectivity index (χ0n) is 18.4. The van der Waals surface area contributed by atoms with Crippen LogP contribution < -0.4 is 10.0 Å². The van der Waals surface area contributed by atoms with Gasteiger partial charge in [-0.15, -0.1) is 0 Å². The van der Waals surface area contributed by atoms with Gasteiger partial charge in [-0.2, -0.15) is 0 Å². The van der Waals surface area contributed by atoms with E-state index in [1.54, 1.807) is 6.08 Å². The van der Waals surface area contributed by atoms with Crippen molar-refractivity contribution in [2.75, 3.05) is 10.0 Å². The van der Waals surface area contributed by atoms with Gasteiger partial charge in [-0.25, -0.2) is 8.42 Å². The quantitative estimate of drug-likeness (QED) is 0.366. The summed E-state index contributed by atoms with van der Waals surface area (Å²) < 4.78 is 27.7. The highest BCUT2D eigenvalue weighted by Crippen LogP contribution is 2.28. The fourth-order valence-corrected chi connectivity index (χ4v) is 4.53. The second-order valence-electron chi connectivity index (χ2n) is 8.45. The lowest BCUT2D eigenvalue weighted by Crippen LogP contribution is -2.13. The van der Waals surface area contributed by atoms with Gasteiger partial charge < -0.3 is 5.32 Å². The highest BCUT2D eigenvalue weighted by atomic mass is 35.5. The van der Waals surface area contributed by atoms with Crippen LogP contribution in [0.15, 0.2) is 77.7 Å². The number of carbonyl (C=O) groups excluding carboxylic acids is 1. The van der Waals surface area contributed by atoms with Gasteiger partial charge in [0.2, 0.25) is 5.91 Å². The van der Waals surface area contributed by atoms with Crippen molar-refractivity contribution >= 4 is 56.6 Å². The van der Waals surface area contributed by atoms with Gasteiger partial charge in [-0.05, 0) is 65.1 Å². The van der Waals surface area contributed by atoms with E-state index in [-0.39, 0.29) is 26.9 Å². The van der Waals surface area contributed by atoms with E-state index in [0.29, 0.717) is 10.7 Å². The average molecular weight is 503 g/mol. The summed E-state index contributed by atoms with van der Waals surface area (Å²) in [6.45, 7) is 6.43. The molecule has 0 fully saturated rings. The Kier molecular flexibility index (Phi) is 7.52. The van der Waals surface area contributed by atoms with Crippen molar-refractivity contribution in [1.82, 2.24) is 0 Å². The first-order valence-electron chi connectivity index (χ1n) is 10.1. The molecule has 0 aliphatic heterocycles. The van der Waals surface area contributed by atoms with Crippen LogP contribution >= 0.6 is 23.2 Å². The molecule has 0 heterocycles. The third-order valence-corrected chi connectivity index (χ3v) is 6.74. The highest BCUT2D eigenvalue weighted by molar-refractivity contribution is 7.92. The lowest BCUT2D eigenvalue weighted by molar-refractivity contribution is -0.111. The fourth-order valence-electron chi connectivity index (χ4n) is 2.94. The number of anilines is 2. The molecule has 0 unspecified atom stereocenters. The van der Waals surface area contributed by atoms with Gasteiger partial charge in [-0.1, -0.05) is 68.2 Å². The number of nitrogens with one attached hydrogen (secondary N) is 2. The molecule has 5 nitrogen and oxygen atoms in total. The first kappa shape index (κ1) is 24.8. The summed E-state index contributed by atoms with van der Waals surface area (Å²) in [5.74, 6) is -0.323. The summed E-state index contributed by atoms with van der Waals surface area (Å²) in [4.78, 5) is 12.3. The number of halogens is 2. The normalized spacial score (nSPS) is 12.0. The third-order valence-electron chi connectivity index (χ3n) is 4.81. The molecule has 3 rings (SSSR count). The molecule has 0 saturated carbocycles. The van der Waals surface area contributed by atoms with Crippen molar-refractivity contribution in [2.45, 2.75) is 31.1 Å². The smallest absolute Gasteiger partial charge is 0.261 e. The Balaban J connectivity index is 1.63. The molecular weight excluding hydrogens is 479 g/mol. The summed E-state index contributed by atoms with van der Waals surface area (Å²) in [6, 6.07) is 18.3. The van der Waals surface area contributed by atoms with Crippen LogP contribution in [0.2, 0.25) is 10.0 Å². The molecule has 0 aliphatic carbocycles. The number of sulfonamides is 1. The van der Waals surface area contributed by atoms with E-state index in [1.807, 2.05) is 24.3 Å². The van der Waals surface area contributed by atoms with Crippen LogP contribution in [0.3, 0.4) is 0 Å². The van der Waals surface area contributed by atoms with Crippen molar-refractivity contribution in [3.8, 4) is 0 Å². The number of hydrogen-bond acceptors (Lipinski definition) is 3. The second kappa shape index (κ2) is 10.00. The Bertz CT molecular complexity index is 1280. The van der Waals surface area contributed by atoms with Crippen LogP contribution in [0, 0.1) is 0 Å². The molecule has 0 aliphatic rings. The van der Waals surface area contributed by atoms with Gasteiger partial charge in [0, 0.05) is 16.8 Å². The molecule has 2 N–H and O–H groups in total. The molecule has 0 atom stereocenters. The maximum absolute atomic E-state index is 12.6. The highest BCUT2D eigenvalue weighted by Gasteiger charge is 2.16. The molecule has 0 spiro atoms. The molecular formula is C25H24Cl2N2O3S. The number of rotatable bonds is 6. The van der Waals surface area contributed by atoms with E-state index in [1.165, 1.54) is 54.1 Å². The van der Waals surface area contributed by atoms with Crippen LogP contribution in [0.5, 0.6) is 0 Å². The molecule has 3 aromatic carbocycles. The predicted molar refractivity (Wildman–Crippen MR) is 137 cm³/mol. The summed E-state index contributed by atoms with van der Waals surface area (Å²) in [6.07, 6.45) is 3.15. The van der Waals surface area contributed by atoms with Gasteiger partial charge in [0.1, 0.15) is 0 Å². The largest absolute Gasteiger partial charge is 0.323 e. The SMILES string of the molecule is CC(C)(C)c1ccc(/C=C/C(=O)Nc2ccc(S(=O)(=O)Nc3ccc(Cl)cc3Cl)cc2)cc1. The lowest BCUT2D eigenvalue weighted by Gasteiger charge is -2.18. The lowest BCUT2D eigenvalue weighted by atomic mass is 9.87. The van der Waals surface area contributed by atoms with Gasteiger partial charge in [0.15, 0.2) is 0 Å². The van der Waals surface area contributed by atoms with Crippen LogP contribution in [0.4, 0.5) is 11.4 Å². The zero-order valence-corrected chi connectivity index (χ0v) is 20.7. The van der Waals surface area contributed by atoms with Crippen molar-refractivity contribution < 1.29 is 13.2 Å². The molecule has 8 heteroatoms. The summed E-state index contributed by atoms with van der Waals surface area (Å²) in [7, 11) is -3.86.